The molecule has 0 spiro atoms. The van der Waals surface area contributed by atoms with Gasteiger partial charge in [0.2, 0.25) is 10.0 Å². The lowest BCUT2D eigenvalue weighted by atomic mass is 9.81. The zero-order chi connectivity index (χ0) is 16.0. The summed E-state index contributed by atoms with van der Waals surface area (Å²) in [5.41, 5.74) is 0.256. The second-order valence-electron chi connectivity index (χ2n) is 5.15. The molecule has 0 radical (unpaired) electrons. The lowest BCUT2D eigenvalue weighted by Crippen LogP contribution is -2.38. The molecule has 0 amide bonds. The van der Waals surface area contributed by atoms with Gasteiger partial charge < -0.3 is 14.8 Å². The molecule has 0 atom stereocenters. The van der Waals surface area contributed by atoms with E-state index in [9.17, 15) is 8.42 Å². The first-order valence-corrected chi connectivity index (χ1v) is 8.73. The van der Waals surface area contributed by atoms with E-state index in [1.165, 1.54) is 24.3 Å². The quantitative estimate of drug-likeness (QED) is 0.410. The van der Waals surface area contributed by atoms with E-state index >= 15 is 0 Å². The number of nitrogens with one attached hydrogen (secondary N) is 1. The molecule has 22 heavy (non-hydrogen) atoms. The van der Waals surface area contributed by atoms with Gasteiger partial charge in [0.15, 0.2) is 0 Å². The van der Waals surface area contributed by atoms with E-state index in [1.54, 1.807) is 0 Å². The van der Waals surface area contributed by atoms with E-state index in [0.717, 1.165) is 39.3 Å². The summed E-state index contributed by atoms with van der Waals surface area (Å²) >= 11 is 0. The number of hydrogen-bond acceptors (Lipinski definition) is 6. The first-order valence-electron chi connectivity index (χ1n) is 7.25. The van der Waals surface area contributed by atoms with Gasteiger partial charge in [-0.2, -0.15) is 0 Å². The van der Waals surface area contributed by atoms with Crippen molar-refractivity contribution in [1.82, 2.24) is 9.62 Å². The van der Waals surface area contributed by atoms with Crippen LogP contribution in [0, 0.1) is 0 Å². The Hall–Kier alpha value is -0.965. The topological polar surface area (TPSA) is 99.1 Å². The third-order valence-electron chi connectivity index (χ3n) is 3.54. The predicted octanol–water partition coefficient (Wildman–Crippen LogP) is -1.63. The molecule has 0 saturated carbocycles. The van der Waals surface area contributed by atoms with Crippen molar-refractivity contribution in [3.8, 4) is 0 Å². The molecule has 9 heteroatoms. The van der Waals surface area contributed by atoms with Crippen LogP contribution in [0.4, 0.5) is 0 Å². The molecule has 1 heterocycles. The summed E-state index contributed by atoms with van der Waals surface area (Å²) in [4.78, 5) is 2.36. The Morgan fingerprint density at radius 3 is 2.41 bits per heavy atom. The van der Waals surface area contributed by atoms with Crippen LogP contribution in [0.3, 0.4) is 0 Å². The number of sulfonamides is 1. The van der Waals surface area contributed by atoms with Crippen molar-refractivity contribution < 1.29 is 23.2 Å². The van der Waals surface area contributed by atoms with Crippen LogP contribution >= 0.6 is 0 Å². The lowest BCUT2D eigenvalue weighted by Gasteiger charge is -2.26. The Balaban J connectivity index is 1.80. The second kappa shape index (κ2) is 8.05. The van der Waals surface area contributed by atoms with E-state index in [1.807, 2.05) is 0 Å². The maximum Gasteiger partial charge on any atom is 0.488 e. The molecule has 7 nitrogen and oxygen atoms in total. The fourth-order valence-electron chi connectivity index (χ4n) is 2.24. The first-order chi connectivity index (χ1) is 10.5. The van der Waals surface area contributed by atoms with Crippen molar-refractivity contribution in [3.63, 3.8) is 0 Å². The molecule has 1 aliphatic rings. The summed E-state index contributed by atoms with van der Waals surface area (Å²) in [6, 6.07) is 5.48. The van der Waals surface area contributed by atoms with E-state index < -0.39 is 17.1 Å². The highest BCUT2D eigenvalue weighted by atomic mass is 32.2. The summed E-state index contributed by atoms with van der Waals surface area (Å²) in [5, 5.41) is 18.0. The smallest absolute Gasteiger partial charge is 0.423 e. The van der Waals surface area contributed by atoms with Gasteiger partial charge in [-0.1, -0.05) is 12.1 Å². The monoisotopic (exact) mass is 328 g/mol. The van der Waals surface area contributed by atoms with Crippen molar-refractivity contribution >= 4 is 22.6 Å². The Labute approximate surface area is 131 Å². The highest BCUT2D eigenvalue weighted by molar-refractivity contribution is 7.89. The van der Waals surface area contributed by atoms with Crippen LogP contribution in [0.15, 0.2) is 29.2 Å². The molecule has 3 N–H and O–H groups in total. The van der Waals surface area contributed by atoms with E-state index in [-0.39, 0.29) is 10.4 Å². The second-order valence-corrected chi connectivity index (χ2v) is 6.91. The highest BCUT2D eigenvalue weighted by Crippen LogP contribution is 2.06. The molecule has 1 saturated heterocycles. The zero-order valence-electron chi connectivity index (χ0n) is 12.3. The minimum Gasteiger partial charge on any atom is -0.423 e. The predicted molar refractivity (Wildman–Crippen MR) is 83.3 cm³/mol. The zero-order valence-corrected chi connectivity index (χ0v) is 13.1. The molecule has 2 rings (SSSR count). The van der Waals surface area contributed by atoms with E-state index in [0.29, 0.717) is 6.54 Å². The summed E-state index contributed by atoms with van der Waals surface area (Å²) in [5.74, 6) is 0. The number of nitrogens with zero attached hydrogens (tertiary/aromatic N) is 1. The van der Waals surface area contributed by atoms with Gasteiger partial charge in [-0.3, -0.25) is 4.90 Å². The molecule has 0 unspecified atom stereocenters. The fraction of sp³-hybridized carbons (Fsp3) is 0.538. The Bertz CT molecular complexity index is 558. The summed E-state index contributed by atoms with van der Waals surface area (Å²) in [6.07, 6.45) is 0.729. The van der Waals surface area contributed by atoms with Crippen molar-refractivity contribution in [3.05, 3.63) is 24.3 Å². The van der Waals surface area contributed by atoms with Crippen molar-refractivity contribution in [1.29, 1.82) is 0 Å². The molecular formula is C13H21BN2O5S. The fourth-order valence-corrected chi connectivity index (χ4v) is 3.31. The molecule has 0 bridgehead atoms. The van der Waals surface area contributed by atoms with Crippen LogP contribution in [0.2, 0.25) is 0 Å². The number of rotatable bonds is 7. The Morgan fingerprint density at radius 2 is 1.82 bits per heavy atom. The third-order valence-corrected chi connectivity index (χ3v) is 5.01. The standard InChI is InChI=1S/C13H21BN2O5S/c17-14(18)12-2-4-13(5-3-12)22(19,20)15-6-1-7-16-8-10-21-11-9-16/h2-5,15,17-18H,1,6-11H2. The van der Waals surface area contributed by atoms with Crippen LogP contribution in [-0.4, -0.2) is 69.9 Å². The van der Waals surface area contributed by atoms with Crippen molar-refractivity contribution in [2.45, 2.75) is 11.3 Å². The average Bonchev–Trinajstić information content (AvgIpc) is 2.53. The third kappa shape index (κ3) is 5.04. The minimum absolute atomic E-state index is 0.114. The van der Waals surface area contributed by atoms with Gasteiger partial charge in [-0.15, -0.1) is 0 Å². The first kappa shape index (κ1) is 17.4. The van der Waals surface area contributed by atoms with Gasteiger partial charge in [0.25, 0.3) is 0 Å². The normalized spacial score (nSPS) is 16.6. The van der Waals surface area contributed by atoms with Gasteiger partial charge in [-0.05, 0) is 30.6 Å². The number of hydrogen-bond donors (Lipinski definition) is 3. The number of ether oxygens (including phenoxy) is 1. The molecule has 1 aliphatic heterocycles. The minimum atomic E-state index is -3.56. The van der Waals surface area contributed by atoms with Gasteiger partial charge >= 0.3 is 7.12 Å². The van der Waals surface area contributed by atoms with Gasteiger partial charge in [0, 0.05) is 19.6 Å². The molecule has 1 aromatic carbocycles. The van der Waals surface area contributed by atoms with Crippen LogP contribution in [0.5, 0.6) is 0 Å². The van der Waals surface area contributed by atoms with Crippen molar-refractivity contribution in [2.24, 2.45) is 0 Å². The van der Waals surface area contributed by atoms with E-state index in [4.69, 9.17) is 14.8 Å². The molecule has 0 aromatic heterocycles. The summed E-state index contributed by atoms with van der Waals surface area (Å²) in [6.45, 7) is 4.44. The maximum atomic E-state index is 12.1. The van der Waals surface area contributed by atoms with Crippen LogP contribution in [0.25, 0.3) is 0 Å². The molecular weight excluding hydrogens is 307 g/mol. The molecule has 0 aliphatic carbocycles. The van der Waals surface area contributed by atoms with Crippen LogP contribution in [0.1, 0.15) is 6.42 Å². The SMILES string of the molecule is O=S(=O)(NCCCN1CCOCC1)c1ccc(B(O)O)cc1. The molecule has 1 fully saturated rings. The van der Waals surface area contributed by atoms with Crippen molar-refractivity contribution in [2.75, 3.05) is 39.4 Å². The maximum absolute atomic E-state index is 12.1. The molecule has 122 valence electrons. The van der Waals surface area contributed by atoms with Crippen LogP contribution < -0.4 is 10.2 Å². The number of benzene rings is 1. The molecule has 1 aromatic rings. The largest absolute Gasteiger partial charge is 0.488 e. The van der Waals surface area contributed by atoms with Crippen LogP contribution in [-0.2, 0) is 14.8 Å². The average molecular weight is 328 g/mol. The summed E-state index contributed by atoms with van der Waals surface area (Å²) < 4.78 is 32.0. The van der Waals surface area contributed by atoms with Gasteiger partial charge in [0.1, 0.15) is 0 Å². The van der Waals surface area contributed by atoms with Gasteiger partial charge in [0.05, 0.1) is 18.1 Å². The van der Waals surface area contributed by atoms with E-state index in [2.05, 4.69) is 9.62 Å². The Morgan fingerprint density at radius 1 is 1.18 bits per heavy atom. The Kier molecular flexibility index (Phi) is 6.36. The summed E-state index contributed by atoms with van der Waals surface area (Å²) in [7, 11) is -5.16. The van der Waals surface area contributed by atoms with Gasteiger partial charge in [-0.25, -0.2) is 13.1 Å². The number of morpholine rings is 1. The highest BCUT2D eigenvalue weighted by Gasteiger charge is 2.16. The lowest BCUT2D eigenvalue weighted by molar-refractivity contribution is 0.0376.